The van der Waals surface area contributed by atoms with E-state index in [0.717, 1.165) is 24.0 Å². The van der Waals surface area contributed by atoms with Crippen LogP contribution in [0.15, 0.2) is 53.5 Å². The van der Waals surface area contributed by atoms with Gasteiger partial charge in [0.2, 0.25) is 11.5 Å². The van der Waals surface area contributed by atoms with Crippen LogP contribution in [0.2, 0.25) is 0 Å². The van der Waals surface area contributed by atoms with Crippen molar-refractivity contribution < 1.29 is 18.5 Å². The van der Waals surface area contributed by atoms with Crippen LogP contribution in [0.3, 0.4) is 0 Å². The summed E-state index contributed by atoms with van der Waals surface area (Å²) in [4.78, 5) is 31.3. The molecule has 1 aliphatic rings. The van der Waals surface area contributed by atoms with Gasteiger partial charge in [-0.25, -0.2) is 8.96 Å². The van der Waals surface area contributed by atoms with E-state index in [1.54, 1.807) is 29.0 Å². The number of nitrogen functional groups attached to an aromatic ring is 1. The van der Waals surface area contributed by atoms with E-state index in [1.807, 2.05) is 13.0 Å². The Morgan fingerprint density at radius 3 is 2.85 bits per heavy atom. The van der Waals surface area contributed by atoms with Crippen molar-refractivity contribution in [1.82, 2.24) is 14.7 Å². The smallest absolute Gasteiger partial charge is 0.278 e. The van der Waals surface area contributed by atoms with E-state index in [4.69, 9.17) is 15.5 Å². The molecule has 1 amide bonds. The van der Waals surface area contributed by atoms with Crippen molar-refractivity contribution in [1.29, 1.82) is 0 Å². The largest absolute Gasteiger partial charge is 0.376 e. The molecule has 1 fully saturated rings. The molecule has 0 spiro atoms. The van der Waals surface area contributed by atoms with Crippen molar-refractivity contribution in [2.24, 2.45) is 0 Å². The molecule has 0 aliphatic carbocycles. The fourth-order valence-corrected chi connectivity index (χ4v) is 4.33. The number of hydrogen-bond donors (Lipinski definition) is 2. The third kappa shape index (κ3) is 3.99. The molecular weight excluding hydrogens is 437 g/mol. The maximum absolute atomic E-state index is 13.5. The Morgan fingerprint density at radius 1 is 1.32 bits per heavy atom. The van der Waals surface area contributed by atoms with Gasteiger partial charge in [0, 0.05) is 24.9 Å². The number of rotatable bonds is 5. The number of anilines is 1. The summed E-state index contributed by atoms with van der Waals surface area (Å²) in [7, 11) is 0. The predicted molar refractivity (Wildman–Crippen MR) is 125 cm³/mol. The summed E-state index contributed by atoms with van der Waals surface area (Å²) in [5, 5.41) is 3.14. The minimum atomic E-state index is -0.392. The van der Waals surface area contributed by atoms with Crippen LogP contribution in [0.5, 0.6) is 0 Å². The van der Waals surface area contributed by atoms with Crippen molar-refractivity contribution in [3.05, 3.63) is 81.5 Å². The Bertz CT molecular complexity index is 1460. The lowest BCUT2D eigenvalue weighted by Gasteiger charge is -2.14. The monoisotopic (exact) mass is 462 g/mol. The second-order valence-corrected chi connectivity index (χ2v) is 8.54. The van der Waals surface area contributed by atoms with Gasteiger partial charge in [0.25, 0.3) is 17.1 Å². The maximum Gasteiger partial charge on any atom is 0.278 e. The number of aromatic nitrogens is 3. The van der Waals surface area contributed by atoms with Gasteiger partial charge in [-0.2, -0.15) is 0 Å². The summed E-state index contributed by atoms with van der Waals surface area (Å²) in [6.07, 6.45) is 3.46. The second kappa shape index (κ2) is 8.83. The van der Waals surface area contributed by atoms with Gasteiger partial charge in [0.05, 0.1) is 12.6 Å². The summed E-state index contributed by atoms with van der Waals surface area (Å²) in [5.41, 5.74) is 8.81. The number of benzene rings is 1. The highest BCUT2D eigenvalue weighted by Crippen LogP contribution is 2.17. The first-order chi connectivity index (χ1) is 16.4. The molecule has 0 saturated carbocycles. The highest BCUT2D eigenvalue weighted by Gasteiger charge is 2.26. The Kier molecular flexibility index (Phi) is 5.70. The van der Waals surface area contributed by atoms with Crippen LogP contribution in [0.4, 0.5) is 10.2 Å². The van der Waals surface area contributed by atoms with Gasteiger partial charge in [-0.05, 0) is 49.6 Å². The van der Waals surface area contributed by atoms with Gasteiger partial charge in [-0.3, -0.25) is 14.0 Å². The molecule has 5 rings (SSSR count). The SMILES string of the molecule is Cc1cccn2c(=O)c3cc(C(=O)NC[C@H]4CCCO4)c(N)[n+](Cc4ccc(F)cc4)c3nc12. The molecule has 1 atom stereocenters. The van der Waals surface area contributed by atoms with E-state index in [0.29, 0.717) is 24.4 Å². The fourth-order valence-electron chi connectivity index (χ4n) is 4.33. The first kappa shape index (κ1) is 22.0. The first-order valence-electron chi connectivity index (χ1n) is 11.2. The molecule has 0 bridgehead atoms. The number of hydrogen-bond acceptors (Lipinski definition) is 5. The number of nitrogens with zero attached hydrogens (tertiary/aromatic N) is 3. The Hall–Kier alpha value is -3.85. The molecule has 3 aromatic heterocycles. The van der Waals surface area contributed by atoms with Gasteiger partial charge < -0.3 is 15.8 Å². The number of nitrogens with two attached hydrogens (primary N) is 1. The van der Waals surface area contributed by atoms with E-state index < -0.39 is 5.91 Å². The van der Waals surface area contributed by atoms with Gasteiger partial charge >= 0.3 is 0 Å². The summed E-state index contributed by atoms with van der Waals surface area (Å²) < 4.78 is 22.1. The van der Waals surface area contributed by atoms with Gasteiger partial charge in [-0.1, -0.05) is 23.2 Å². The molecule has 34 heavy (non-hydrogen) atoms. The normalized spacial score (nSPS) is 15.8. The molecule has 174 valence electrons. The van der Waals surface area contributed by atoms with E-state index in [-0.39, 0.29) is 40.8 Å². The van der Waals surface area contributed by atoms with E-state index >= 15 is 0 Å². The minimum absolute atomic E-state index is 0.0313. The second-order valence-electron chi connectivity index (χ2n) is 8.54. The van der Waals surface area contributed by atoms with Gasteiger partial charge in [0.1, 0.15) is 16.8 Å². The minimum Gasteiger partial charge on any atom is -0.376 e. The zero-order valence-corrected chi connectivity index (χ0v) is 18.8. The fraction of sp³-hybridized carbons (Fsp3) is 0.280. The van der Waals surface area contributed by atoms with Gasteiger partial charge in [0.15, 0.2) is 0 Å². The number of ether oxygens (including phenoxy) is 1. The van der Waals surface area contributed by atoms with Crippen LogP contribution in [-0.4, -0.2) is 34.5 Å². The van der Waals surface area contributed by atoms with Crippen molar-refractivity contribution in [2.45, 2.75) is 32.4 Å². The van der Waals surface area contributed by atoms with Crippen LogP contribution in [0, 0.1) is 12.7 Å². The van der Waals surface area contributed by atoms with Crippen LogP contribution >= 0.6 is 0 Å². The van der Waals surface area contributed by atoms with Crippen molar-refractivity contribution in [2.75, 3.05) is 18.9 Å². The molecule has 1 aromatic carbocycles. The Balaban J connectivity index is 1.67. The number of carbonyl (C=O) groups excluding carboxylic acids is 1. The van der Waals surface area contributed by atoms with Gasteiger partial charge in [-0.15, -0.1) is 0 Å². The van der Waals surface area contributed by atoms with Crippen molar-refractivity contribution >= 4 is 28.4 Å². The average Bonchev–Trinajstić information content (AvgIpc) is 3.35. The summed E-state index contributed by atoms with van der Waals surface area (Å²) in [6, 6.07) is 11.1. The Labute approximate surface area is 194 Å². The van der Waals surface area contributed by atoms with Crippen molar-refractivity contribution in [3.63, 3.8) is 0 Å². The third-order valence-electron chi connectivity index (χ3n) is 6.19. The molecule has 0 unspecified atom stereocenters. The van der Waals surface area contributed by atoms with Crippen LogP contribution < -0.4 is 21.2 Å². The number of fused-ring (bicyclic) bond motifs is 2. The highest BCUT2D eigenvalue weighted by atomic mass is 19.1. The average molecular weight is 463 g/mol. The number of halogens is 1. The number of pyridine rings is 2. The predicted octanol–water partition coefficient (Wildman–Crippen LogP) is 2.12. The topological polar surface area (TPSA) is 103 Å². The lowest BCUT2D eigenvalue weighted by Crippen LogP contribution is -2.43. The van der Waals surface area contributed by atoms with E-state index in [9.17, 15) is 14.0 Å². The maximum atomic E-state index is 13.5. The van der Waals surface area contributed by atoms with Crippen LogP contribution in [-0.2, 0) is 11.3 Å². The molecular formula is C25H25FN5O3+. The molecule has 3 N–H and O–H groups in total. The summed E-state index contributed by atoms with van der Waals surface area (Å²) >= 11 is 0. The number of nitrogens with one attached hydrogen (secondary N) is 1. The molecule has 1 aliphatic heterocycles. The Morgan fingerprint density at radius 2 is 2.12 bits per heavy atom. The molecule has 4 heterocycles. The molecule has 4 aromatic rings. The van der Waals surface area contributed by atoms with E-state index in [2.05, 4.69) is 5.32 Å². The lowest BCUT2D eigenvalue weighted by molar-refractivity contribution is -0.649. The van der Waals surface area contributed by atoms with Crippen LogP contribution in [0.25, 0.3) is 16.7 Å². The summed E-state index contributed by atoms with van der Waals surface area (Å²) in [5.74, 6) is -0.574. The van der Waals surface area contributed by atoms with Crippen LogP contribution in [0.1, 0.15) is 34.3 Å². The van der Waals surface area contributed by atoms with Crippen molar-refractivity contribution in [3.8, 4) is 0 Å². The van der Waals surface area contributed by atoms with E-state index in [1.165, 1.54) is 22.6 Å². The molecule has 8 nitrogen and oxygen atoms in total. The molecule has 9 heteroatoms. The lowest BCUT2D eigenvalue weighted by atomic mass is 10.1. The highest BCUT2D eigenvalue weighted by molar-refractivity contribution is 6.00. The summed E-state index contributed by atoms with van der Waals surface area (Å²) in [6.45, 7) is 3.13. The molecule has 0 radical (unpaired) electrons. The number of amides is 1. The first-order valence-corrected chi connectivity index (χ1v) is 11.2. The zero-order valence-electron chi connectivity index (χ0n) is 18.8. The molecule has 1 saturated heterocycles. The quantitative estimate of drug-likeness (QED) is 0.349. The number of carbonyl (C=O) groups is 1. The third-order valence-corrected chi connectivity index (χ3v) is 6.19. The standard InChI is InChI=1S/C25H24FN5O3/c1-15-4-2-10-30-22(15)29-23-20(25(30)33)12-19(24(32)28-13-18-5-3-11-34-18)21(27)31(23)14-16-6-8-17(26)9-7-16/h2,4,6-10,12,18,27H,3,5,11,13-14H2,1H3,(H,28,32)/p+1/t18-/m1/s1. The number of aryl methyl sites for hydroxylation is 1. The zero-order chi connectivity index (χ0) is 23.8.